The summed E-state index contributed by atoms with van der Waals surface area (Å²) in [6.07, 6.45) is 6.17. The van der Waals surface area contributed by atoms with Crippen molar-refractivity contribution in [1.82, 2.24) is 9.78 Å². The van der Waals surface area contributed by atoms with Gasteiger partial charge in [-0.15, -0.1) is 0 Å². The van der Waals surface area contributed by atoms with Crippen molar-refractivity contribution < 1.29 is 8.42 Å². The van der Waals surface area contributed by atoms with E-state index in [9.17, 15) is 8.42 Å². The fourth-order valence-corrected chi connectivity index (χ4v) is 3.93. The molecule has 2 rings (SSSR count). The molecule has 1 aliphatic rings. The molecule has 1 aromatic heterocycles. The van der Waals surface area contributed by atoms with Gasteiger partial charge in [0.15, 0.2) is 5.03 Å². The molecule has 0 atom stereocenters. The normalized spacial score (nSPS) is 17.9. The number of aromatic nitrogens is 2. The van der Waals surface area contributed by atoms with Gasteiger partial charge in [-0.3, -0.25) is 0 Å². The van der Waals surface area contributed by atoms with Gasteiger partial charge in [-0.25, -0.2) is 13.1 Å². The third-order valence-electron chi connectivity index (χ3n) is 3.55. The minimum Gasteiger partial charge on any atom is -0.248 e. The number of hydrogen-bond acceptors (Lipinski definition) is 4. The van der Waals surface area contributed by atoms with Crippen molar-refractivity contribution in [2.75, 3.05) is 0 Å². The van der Waals surface area contributed by atoms with E-state index in [1.54, 1.807) is 6.92 Å². The van der Waals surface area contributed by atoms with Crippen LogP contribution in [-0.2, 0) is 9.05 Å². The van der Waals surface area contributed by atoms with Gasteiger partial charge >= 0.3 is 0 Å². The topological polar surface area (TPSA) is 75.8 Å². The zero-order valence-corrected chi connectivity index (χ0v) is 12.3. The van der Waals surface area contributed by atoms with Gasteiger partial charge in [0.05, 0.1) is 11.7 Å². The largest absolute Gasteiger partial charge is 0.279 e. The van der Waals surface area contributed by atoms with E-state index in [0.717, 1.165) is 38.5 Å². The first-order valence-electron chi connectivity index (χ1n) is 6.39. The maximum Gasteiger partial charge on any atom is 0.279 e. The number of halogens is 1. The molecule has 0 bridgehead atoms. The highest BCUT2D eigenvalue weighted by Crippen LogP contribution is 2.32. The maximum atomic E-state index is 11.7. The van der Waals surface area contributed by atoms with E-state index in [4.69, 9.17) is 15.9 Å². The van der Waals surface area contributed by atoms with Gasteiger partial charge in [0, 0.05) is 10.7 Å². The molecule has 0 aromatic carbocycles. The van der Waals surface area contributed by atoms with Crippen molar-refractivity contribution >= 4 is 19.7 Å². The van der Waals surface area contributed by atoms with Gasteiger partial charge < -0.3 is 0 Å². The predicted octanol–water partition coefficient (Wildman–Crippen LogP) is 2.89. The van der Waals surface area contributed by atoms with E-state index >= 15 is 0 Å². The Balaban J connectivity index is 2.54. The Morgan fingerprint density at radius 2 is 1.89 bits per heavy atom. The lowest BCUT2D eigenvalue weighted by Crippen LogP contribution is -2.15. The molecule has 1 aliphatic carbocycles. The lowest BCUT2D eigenvalue weighted by Gasteiger charge is -2.16. The first-order valence-corrected chi connectivity index (χ1v) is 8.70. The molecular formula is C12H16ClN3O2S. The molecule has 104 valence electrons. The molecule has 7 heteroatoms. The molecular weight excluding hydrogens is 286 g/mol. The molecule has 0 aliphatic heterocycles. The van der Waals surface area contributed by atoms with Crippen LogP contribution in [0.4, 0.5) is 0 Å². The molecule has 0 radical (unpaired) electrons. The first kappa shape index (κ1) is 14.4. The summed E-state index contributed by atoms with van der Waals surface area (Å²) < 4.78 is 24.9. The second-order valence-electron chi connectivity index (χ2n) is 4.91. The lowest BCUT2D eigenvalue weighted by atomic mass is 10.1. The van der Waals surface area contributed by atoms with Crippen LogP contribution in [0.2, 0.25) is 0 Å². The van der Waals surface area contributed by atoms with E-state index in [0.29, 0.717) is 5.69 Å². The van der Waals surface area contributed by atoms with Gasteiger partial charge in [0.25, 0.3) is 9.05 Å². The zero-order valence-electron chi connectivity index (χ0n) is 10.8. The van der Waals surface area contributed by atoms with Crippen molar-refractivity contribution in [2.45, 2.75) is 56.5 Å². The van der Waals surface area contributed by atoms with Crippen molar-refractivity contribution in [3.8, 4) is 6.07 Å². The van der Waals surface area contributed by atoms with Gasteiger partial charge in [-0.2, -0.15) is 10.4 Å². The number of rotatable bonds is 2. The summed E-state index contributed by atoms with van der Waals surface area (Å²) in [5, 5.41) is 13.2. The Kier molecular flexibility index (Phi) is 4.16. The molecule has 19 heavy (non-hydrogen) atoms. The van der Waals surface area contributed by atoms with Crippen molar-refractivity contribution in [3.05, 3.63) is 11.3 Å². The molecule has 1 aromatic rings. The van der Waals surface area contributed by atoms with E-state index in [-0.39, 0.29) is 16.6 Å². The summed E-state index contributed by atoms with van der Waals surface area (Å²) >= 11 is 0. The third-order valence-corrected chi connectivity index (χ3v) is 4.85. The average Bonchev–Trinajstić information content (AvgIpc) is 2.52. The predicted molar refractivity (Wildman–Crippen MR) is 71.5 cm³/mol. The molecule has 0 amide bonds. The monoisotopic (exact) mass is 301 g/mol. The number of nitriles is 1. The Morgan fingerprint density at radius 1 is 1.32 bits per heavy atom. The highest BCUT2D eigenvalue weighted by Gasteiger charge is 2.29. The van der Waals surface area contributed by atoms with Crippen LogP contribution >= 0.6 is 10.7 Å². The molecule has 1 saturated carbocycles. The fraction of sp³-hybridized carbons (Fsp3) is 0.667. The Labute approximate surface area is 117 Å². The van der Waals surface area contributed by atoms with Gasteiger partial charge in [-0.1, -0.05) is 25.7 Å². The van der Waals surface area contributed by atoms with E-state index < -0.39 is 9.05 Å². The number of aryl methyl sites for hydroxylation is 1. The van der Waals surface area contributed by atoms with Gasteiger partial charge in [0.1, 0.15) is 11.6 Å². The quantitative estimate of drug-likeness (QED) is 0.621. The SMILES string of the molecule is Cc1nn(C2CCCCCC2)c(S(=O)(=O)Cl)c1C#N. The third kappa shape index (κ3) is 2.93. The van der Waals surface area contributed by atoms with Crippen LogP contribution < -0.4 is 0 Å². The van der Waals surface area contributed by atoms with Crippen LogP contribution in [0, 0.1) is 18.3 Å². The average molecular weight is 302 g/mol. The fourth-order valence-electron chi connectivity index (χ4n) is 2.64. The highest BCUT2D eigenvalue weighted by atomic mass is 35.7. The smallest absolute Gasteiger partial charge is 0.248 e. The summed E-state index contributed by atoms with van der Waals surface area (Å²) in [4.78, 5) is 0. The van der Waals surface area contributed by atoms with Crippen LogP contribution in [0.15, 0.2) is 5.03 Å². The first-order chi connectivity index (χ1) is 8.95. The summed E-state index contributed by atoms with van der Waals surface area (Å²) in [6, 6.07) is 1.92. The maximum absolute atomic E-state index is 11.7. The van der Waals surface area contributed by atoms with Crippen molar-refractivity contribution in [1.29, 1.82) is 5.26 Å². The highest BCUT2D eigenvalue weighted by molar-refractivity contribution is 8.13. The minimum atomic E-state index is -3.97. The van der Waals surface area contributed by atoms with Crippen LogP contribution in [0.25, 0.3) is 0 Å². The zero-order chi connectivity index (χ0) is 14.0. The van der Waals surface area contributed by atoms with Crippen LogP contribution in [0.1, 0.15) is 55.8 Å². The molecule has 0 N–H and O–H groups in total. The van der Waals surface area contributed by atoms with Gasteiger partial charge in [-0.05, 0) is 19.8 Å². The van der Waals surface area contributed by atoms with Gasteiger partial charge in [0.2, 0.25) is 0 Å². The van der Waals surface area contributed by atoms with Crippen LogP contribution in [0.5, 0.6) is 0 Å². The Bertz CT molecular complexity index is 608. The minimum absolute atomic E-state index is 0.0202. The molecule has 0 unspecified atom stereocenters. The molecule has 1 heterocycles. The van der Waals surface area contributed by atoms with Crippen molar-refractivity contribution in [3.63, 3.8) is 0 Å². The Morgan fingerprint density at radius 3 is 2.37 bits per heavy atom. The van der Waals surface area contributed by atoms with E-state index in [2.05, 4.69) is 5.10 Å². The van der Waals surface area contributed by atoms with Crippen molar-refractivity contribution in [2.24, 2.45) is 0 Å². The number of nitrogens with zero attached hydrogens (tertiary/aromatic N) is 3. The van der Waals surface area contributed by atoms with E-state index in [1.807, 2.05) is 6.07 Å². The van der Waals surface area contributed by atoms with Crippen LogP contribution in [-0.4, -0.2) is 18.2 Å². The Hall–Kier alpha value is -1.06. The molecule has 0 saturated heterocycles. The number of hydrogen-bond donors (Lipinski definition) is 0. The van der Waals surface area contributed by atoms with E-state index in [1.165, 1.54) is 4.68 Å². The molecule has 0 spiro atoms. The lowest BCUT2D eigenvalue weighted by molar-refractivity contribution is 0.376. The second kappa shape index (κ2) is 5.51. The molecule has 1 fully saturated rings. The summed E-state index contributed by atoms with van der Waals surface area (Å²) in [7, 11) is 1.51. The summed E-state index contributed by atoms with van der Waals surface area (Å²) in [6.45, 7) is 1.64. The second-order valence-corrected chi connectivity index (χ2v) is 7.39. The summed E-state index contributed by atoms with van der Waals surface area (Å²) in [5.41, 5.74) is 0.491. The van der Waals surface area contributed by atoms with Crippen LogP contribution in [0.3, 0.4) is 0 Å². The summed E-state index contributed by atoms with van der Waals surface area (Å²) in [5.74, 6) is 0. The standard InChI is InChI=1S/C12H16ClN3O2S/c1-9-11(8-14)12(19(13,17)18)16(15-9)10-6-4-2-3-5-7-10/h10H,2-7H2,1H3. The molecule has 5 nitrogen and oxygen atoms in total.